The monoisotopic (exact) mass is 346 g/mol. The number of benzene rings is 1. The number of aromatic nitrogens is 1. The highest BCUT2D eigenvalue weighted by Crippen LogP contribution is 2.43. The molecule has 1 fully saturated rings. The Morgan fingerprint density at radius 1 is 1.22 bits per heavy atom. The van der Waals surface area contributed by atoms with E-state index in [2.05, 4.69) is 22.4 Å². The molecule has 2 heterocycles. The van der Waals surface area contributed by atoms with E-state index in [9.17, 15) is 4.79 Å². The molecule has 2 aromatic rings. The molecule has 1 aromatic heterocycles. The summed E-state index contributed by atoms with van der Waals surface area (Å²) in [6.45, 7) is -0.0127. The average molecular weight is 346 g/mol. The molecule has 3 rings (SSSR count). The van der Waals surface area contributed by atoms with Crippen LogP contribution in [0.1, 0.15) is 16.6 Å². The number of hydrogen-bond donors (Lipinski definition) is 1. The lowest BCUT2D eigenvalue weighted by atomic mass is 10.2. The van der Waals surface area contributed by atoms with Gasteiger partial charge in [0.05, 0.1) is 16.5 Å². The Balaban J connectivity index is 1.49. The summed E-state index contributed by atoms with van der Waals surface area (Å²) < 4.78 is 6.06. The molecule has 120 valence electrons. The molecule has 0 bridgehead atoms. The van der Waals surface area contributed by atoms with Crippen molar-refractivity contribution < 1.29 is 9.53 Å². The first-order chi connectivity index (χ1) is 11.3. The quantitative estimate of drug-likeness (QED) is 0.888. The number of amides is 1. The van der Waals surface area contributed by atoms with Crippen LogP contribution in [0.25, 0.3) is 0 Å². The minimum absolute atomic E-state index is 0.0127. The van der Waals surface area contributed by atoms with Gasteiger partial charge in [0.25, 0.3) is 5.91 Å². The van der Waals surface area contributed by atoms with Gasteiger partial charge >= 0.3 is 0 Å². The molecule has 1 aromatic carbocycles. The topological polar surface area (TPSA) is 51.2 Å². The Hall–Kier alpha value is -1.66. The predicted molar refractivity (Wildman–Crippen MR) is 97.1 cm³/mol. The molecule has 4 nitrogen and oxygen atoms in total. The number of pyridine rings is 1. The summed E-state index contributed by atoms with van der Waals surface area (Å²) in [6.07, 6.45) is 4.56. The number of nitrogens with one attached hydrogen (secondary N) is 1. The van der Waals surface area contributed by atoms with E-state index in [1.54, 1.807) is 24.5 Å². The molecule has 1 aliphatic heterocycles. The number of hydrogen-bond acceptors (Lipinski definition) is 5. The van der Waals surface area contributed by atoms with Crippen LogP contribution in [0, 0.1) is 0 Å². The molecule has 6 heteroatoms. The SMILES string of the molecule is O=C(COc1ccc(C2SCCCS2)cc1)Nc1cccnc1. The van der Waals surface area contributed by atoms with Crippen LogP contribution in [-0.2, 0) is 4.79 Å². The van der Waals surface area contributed by atoms with Gasteiger partial charge in [-0.3, -0.25) is 9.78 Å². The van der Waals surface area contributed by atoms with Gasteiger partial charge in [0.2, 0.25) is 0 Å². The fraction of sp³-hybridized carbons (Fsp3) is 0.294. The van der Waals surface area contributed by atoms with Crippen LogP contribution in [0.5, 0.6) is 5.75 Å². The first-order valence-corrected chi connectivity index (χ1v) is 9.57. The Labute approximate surface area is 144 Å². The highest BCUT2D eigenvalue weighted by Gasteiger charge is 2.16. The van der Waals surface area contributed by atoms with Crippen molar-refractivity contribution in [2.24, 2.45) is 0 Å². The fourth-order valence-corrected chi connectivity index (χ4v) is 5.08. The maximum absolute atomic E-state index is 11.8. The molecular weight excluding hydrogens is 328 g/mol. The van der Waals surface area contributed by atoms with E-state index in [-0.39, 0.29) is 12.5 Å². The molecular formula is C17H18N2O2S2. The smallest absolute Gasteiger partial charge is 0.262 e. The Morgan fingerprint density at radius 2 is 2.00 bits per heavy atom. The molecule has 0 spiro atoms. The molecule has 23 heavy (non-hydrogen) atoms. The Morgan fingerprint density at radius 3 is 2.70 bits per heavy atom. The predicted octanol–water partition coefficient (Wildman–Crippen LogP) is 3.97. The summed E-state index contributed by atoms with van der Waals surface area (Å²) in [5.41, 5.74) is 1.98. The van der Waals surface area contributed by atoms with E-state index in [1.165, 1.54) is 23.5 Å². The van der Waals surface area contributed by atoms with Crippen LogP contribution in [0.2, 0.25) is 0 Å². The fourth-order valence-electron chi connectivity index (χ4n) is 2.18. The third-order valence-electron chi connectivity index (χ3n) is 3.29. The van der Waals surface area contributed by atoms with Crippen LogP contribution in [0.15, 0.2) is 48.8 Å². The summed E-state index contributed by atoms with van der Waals surface area (Å²) in [4.78, 5) is 15.8. The maximum Gasteiger partial charge on any atom is 0.262 e. The molecule has 1 N–H and O–H groups in total. The average Bonchev–Trinajstić information content (AvgIpc) is 2.62. The van der Waals surface area contributed by atoms with Crippen molar-refractivity contribution in [3.8, 4) is 5.75 Å². The molecule has 1 saturated heterocycles. The molecule has 0 aliphatic carbocycles. The van der Waals surface area contributed by atoms with Gasteiger partial charge in [-0.15, -0.1) is 23.5 Å². The van der Waals surface area contributed by atoms with Crippen molar-refractivity contribution in [2.75, 3.05) is 23.4 Å². The summed E-state index contributed by atoms with van der Waals surface area (Å²) in [7, 11) is 0. The number of thioether (sulfide) groups is 2. The Bertz CT molecular complexity index is 629. The standard InChI is InChI=1S/C17H18N2O2S2/c20-16(19-14-3-1-8-18-11-14)12-21-15-6-4-13(5-7-15)17-22-9-2-10-23-17/h1,3-8,11,17H,2,9-10,12H2,(H,19,20). The summed E-state index contributed by atoms with van der Waals surface area (Å²) in [6, 6.07) is 11.6. The maximum atomic E-state index is 11.8. The molecule has 0 unspecified atom stereocenters. The minimum atomic E-state index is -0.194. The summed E-state index contributed by atoms with van der Waals surface area (Å²) in [5, 5.41) is 2.74. The number of anilines is 1. The van der Waals surface area contributed by atoms with Crippen molar-refractivity contribution >= 4 is 35.1 Å². The van der Waals surface area contributed by atoms with Crippen LogP contribution in [0.3, 0.4) is 0 Å². The van der Waals surface area contributed by atoms with Crippen molar-refractivity contribution in [2.45, 2.75) is 11.0 Å². The zero-order chi connectivity index (χ0) is 15.9. The van der Waals surface area contributed by atoms with Gasteiger partial charge in [-0.05, 0) is 47.8 Å². The summed E-state index contributed by atoms with van der Waals surface area (Å²) >= 11 is 3.99. The third kappa shape index (κ3) is 4.91. The van der Waals surface area contributed by atoms with E-state index in [1.807, 2.05) is 35.7 Å². The lowest BCUT2D eigenvalue weighted by molar-refractivity contribution is -0.118. The van der Waals surface area contributed by atoms with Gasteiger partial charge < -0.3 is 10.1 Å². The molecule has 0 saturated carbocycles. The molecule has 1 aliphatic rings. The highest BCUT2D eigenvalue weighted by atomic mass is 32.2. The highest BCUT2D eigenvalue weighted by molar-refractivity contribution is 8.16. The zero-order valence-corrected chi connectivity index (χ0v) is 14.2. The first-order valence-electron chi connectivity index (χ1n) is 7.47. The van der Waals surface area contributed by atoms with E-state index in [0.29, 0.717) is 16.0 Å². The van der Waals surface area contributed by atoms with Crippen molar-refractivity contribution in [3.05, 3.63) is 54.4 Å². The van der Waals surface area contributed by atoms with E-state index in [4.69, 9.17) is 4.74 Å². The van der Waals surface area contributed by atoms with Gasteiger partial charge in [-0.25, -0.2) is 0 Å². The summed E-state index contributed by atoms with van der Waals surface area (Å²) in [5.74, 6) is 2.97. The number of carbonyl (C=O) groups is 1. The van der Waals surface area contributed by atoms with Crippen molar-refractivity contribution in [1.82, 2.24) is 4.98 Å². The lowest BCUT2D eigenvalue weighted by Crippen LogP contribution is -2.20. The van der Waals surface area contributed by atoms with Crippen LogP contribution in [-0.4, -0.2) is 29.0 Å². The minimum Gasteiger partial charge on any atom is -0.484 e. The normalized spacial score (nSPS) is 15.1. The largest absolute Gasteiger partial charge is 0.484 e. The number of nitrogens with zero attached hydrogens (tertiary/aromatic N) is 1. The van der Waals surface area contributed by atoms with Crippen molar-refractivity contribution in [1.29, 1.82) is 0 Å². The van der Waals surface area contributed by atoms with Gasteiger partial charge in [-0.1, -0.05) is 12.1 Å². The lowest BCUT2D eigenvalue weighted by Gasteiger charge is -2.21. The van der Waals surface area contributed by atoms with E-state index < -0.39 is 0 Å². The second kappa shape index (κ2) is 8.26. The van der Waals surface area contributed by atoms with Gasteiger partial charge in [0, 0.05) is 6.20 Å². The Kier molecular flexibility index (Phi) is 5.82. The van der Waals surface area contributed by atoms with Crippen LogP contribution < -0.4 is 10.1 Å². The number of rotatable bonds is 5. The van der Waals surface area contributed by atoms with E-state index >= 15 is 0 Å². The number of carbonyl (C=O) groups excluding carboxylic acids is 1. The second-order valence-electron chi connectivity index (χ2n) is 5.07. The van der Waals surface area contributed by atoms with Gasteiger partial charge in [0.1, 0.15) is 5.75 Å². The second-order valence-corrected chi connectivity index (χ2v) is 7.80. The third-order valence-corrected chi connectivity index (χ3v) is 6.31. The van der Waals surface area contributed by atoms with Gasteiger partial charge in [0.15, 0.2) is 6.61 Å². The van der Waals surface area contributed by atoms with Crippen LogP contribution >= 0.6 is 23.5 Å². The first kappa shape index (κ1) is 16.2. The zero-order valence-electron chi connectivity index (χ0n) is 12.6. The molecule has 0 radical (unpaired) electrons. The van der Waals surface area contributed by atoms with Gasteiger partial charge in [-0.2, -0.15) is 0 Å². The van der Waals surface area contributed by atoms with Crippen molar-refractivity contribution in [3.63, 3.8) is 0 Å². The number of ether oxygens (including phenoxy) is 1. The van der Waals surface area contributed by atoms with E-state index in [0.717, 1.165) is 0 Å². The molecule has 1 amide bonds. The van der Waals surface area contributed by atoms with Crippen LogP contribution in [0.4, 0.5) is 5.69 Å². The molecule has 0 atom stereocenters.